The van der Waals surface area contributed by atoms with Gasteiger partial charge in [0.2, 0.25) is 0 Å². The summed E-state index contributed by atoms with van der Waals surface area (Å²) in [7, 11) is 1.49. The Kier molecular flexibility index (Phi) is 5.53. The molecule has 0 spiro atoms. The maximum Gasteiger partial charge on any atom is 0.282 e. The molecule has 0 atom stereocenters. The molecule has 0 saturated carbocycles. The van der Waals surface area contributed by atoms with E-state index >= 15 is 0 Å². The number of anilines is 2. The molecule has 1 heterocycles. The van der Waals surface area contributed by atoms with Crippen LogP contribution in [0.15, 0.2) is 66.4 Å². The van der Waals surface area contributed by atoms with Crippen molar-refractivity contribution in [2.45, 2.75) is 20.8 Å². The van der Waals surface area contributed by atoms with Crippen LogP contribution in [0.5, 0.6) is 5.75 Å². The summed E-state index contributed by atoms with van der Waals surface area (Å²) in [6, 6.07) is 16.6. The van der Waals surface area contributed by atoms with Crippen LogP contribution in [0.25, 0.3) is 5.57 Å². The monoisotopic (exact) mass is 430 g/mol. The first-order chi connectivity index (χ1) is 15.3. The lowest BCUT2D eigenvalue weighted by atomic mass is 10.0. The van der Waals surface area contributed by atoms with E-state index in [1.807, 2.05) is 45.0 Å². The van der Waals surface area contributed by atoms with E-state index in [-0.39, 0.29) is 11.3 Å². The zero-order valence-corrected chi connectivity index (χ0v) is 18.3. The van der Waals surface area contributed by atoms with Crippen molar-refractivity contribution in [1.29, 1.82) is 0 Å². The number of amides is 2. The Morgan fingerprint density at radius 3 is 2.09 bits per heavy atom. The molecule has 0 radical (unpaired) electrons. The third-order valence-electron chi connectivity index (χ3n) is 5.28. The van der Waals surface area contributed by atoms with Gasteiger partial charge in [0.25, 0.3) is 11.8 Å². The lowest BCUT2D eigenvalue weighted by Crippen LogP contribution is -2.32. The first-order valence-electron chi connectivity index (χ1n) is 10.2. The first kappa shape index (κ1) is 21.3. The van der Waals surface area contributed by atoms with Gasteiger partial charge in [0.05, 0.1) is 18.4 Å². The molecule has 0 fully saturated rings. The zero-order valence-electron chi connectivity index (χ0n) is 18.3. The molecular formula is C26H23FN2O3. The number of ether oxygens (including phenoxy) is 1. The van der Waals surface area contributed by atoms with Crippen LogP contribution in [0.1, 0.15) is 22.3 Å². The van der Waals surface area contributed by atoms with Gasteiger partial charge in [-0.05, 0) is 79.4 Å². The standard InChI is InChI=1S/C26H23FN2O3/c1-15-5-10-22(32-4)21(14-15)29-25(30)23(18-6-8-19(27)9-7-18)24(26(29)31)28-20-12-16(2)11-17(3)13-20/h5-14,28H,1-4H3. The number of hydrogen-bond acceptors (Lipinski definition) is 4. The lowest BCUT2D eigenvalue weighted by Gasteiger charge is -2.19. The lowest BCUT2D eigenvalue weighted by molar-refractivity contribution is -0.120. The van der Waals surface area contributed by atoms with Gasteiger partial charge in [-0.1, -0.05) is 24.3 Å². The third-order valence-corrected chi connectivity index (χ3v) is 5.28. The largest absolute Gasteiger partial charge is 0.495 e. The molecule has 162 valence electrons. The molecule has 3 aromatic carbocycles. The second kappa shape index (κ2) is 8.30. The van der Waals surface area contributed by atoms with E-state index < -0.39 is 17.6 Å². The Balaban J connectivity index is 1.87. The summed E-state index contributed by atoms with van der Waals surface area (Å²) in [5.41, 5.74) is 4.73. The van der Waals surface area contributed by atoms with E-state index in [1.54, 1.807) is 12.1 Å². The summed E-state index contributed by atoms with van der Waals surface area (Å²) < 4.78 is 19.0. The van der Waals surface area contributed by atoms with Gasteiger partial charge >= 0.3 is 0 Å². The maximum absolute atomic E-state index is 13.6. The number of benzene rings is 3. The molecule has 1 aliphatic rings. The highest BCUT2D eigenvalue weighted by atomic mass is 19.1. The topological polar surface area (TPSA) is 58.6 Å². The number of imide groups is 1. The SMILES string of the molecule is COc1ccc(C)cc1N1C(=O)C(Nc2cc(C)cc(C)c2)=C(c2ccc(F)cc2)C1=O. The van der Waals surface area contributed by atoms with Crippen molar-refractivity contribution in [2.75, 3.05) is 17.3 Å². The van der Waals surface area contributed by atoms with Gasteiger partial charge in [-0.25, -0.2) is 9.29 Å². The molecule has 6 heteroatoms. The molecule has 4 rings (SSSR count). The number of nitrogens with one attached hydrogen (secondary N) is 1. The molecule has 2 amide bonds. The van der Waals surface area contributed by atoms with Crippen molar-refractivity contribution in [1.82, 2.24) is 0 Å². The molecule has 1 aliphatic heterocycles. The van der Waals surface area contributed by atoms with Crippen molar-refractivity contribution in [3.63, 3.8) is 0 Å². The highest BCUT2D eigenvalue weighted by Gasteiger charge is 2.41. The number of hydrogen-bond donors (Lipinski definition) is 1. The minimum Gasteiger partial charge on any atom is -0.495 e. The molecule has 5 nitrogen and oxygen atoms in total. The highest BCUT2D eigenvalue weighted by molar-refractivity contribution is 6.46. The van der Waals surface area contributed by atoms with Gasteiger partial charge in [0.1, 0.15) is 17.3 Å². The number of carbonyl (C=O) groups is 2. The summed E-state index contributed by atoms with van der Waals surface area (Å²) in [6.07, 6.45) is 0. The smallest absolute Gasteiger partial charge is 0.282 e. The van der Waals surface area contributed by atoms with Gasteiger partial charge in [-0.15, -0.1) is 0 Å². The Morgan fingerprint density at radius 2 is 1.47 bits per heavy atom. The molecule has 3 aromatic rings. The van der Waals surface area contributed by atoms with E-state index in [1.165, 1.54) is 31.4 Å². The van der Waals surface area contributed by atoms with E-state index in [0.29, 0.717) is 22.7 Å². The van der Waals surface area contributed by atoms with Crippen molar-refractivity contribution in [2.24, 2.45) is 0 Å². The van der Waals surface area contributed by atoms with E-state index in [9.17, 15) is 14.0 Å². The van der Waals surface area contributed by atoms with Crippen LogP contribution in [0, 0.1) is 26.6 Å². The quantitative estimate of drug-likeness (QED) is 0.569. The number of aryl methyl sites for hydroxylation is 3. The number of methoxy groups -OCH3 is 1. The number of rotatable bonds is 5. The normalized spacial score (nSPS) is 13.7. The van der Waals surface area contributed by atoms with Gasteiger partial charge < -0.3 is 10.1 Å². The predicted octanol–water partition coefficient (Wildman–Crippen LogP) is 5.16. The molecule has 0 aromatic heterocycles. The zero-order chi connectivity index (χ0) is 23.0. The summed E-state index contributed by atoms with van der Waals surface area (Å²) in [5, 5.41) is 3.15. The van der Waals surface area contributed by atoms with Crippen LogP contribution < -0.4 is 15.0 Å². The van der Waals surface area contributed by atoms with Gasteiger partial charge in [-0.2, -0.15) is 0 Å². The van der Waals surface area contributed by atoms with Crippen LogP contribution in [-0.2, 0) is 9.59 Å². The van der Waals surface area contributed by atoms with Gasteiger partial charge in [-0.3, -0.25) is 9.59 Å². The third kappa shape index (κ3) is 3.87. The average Bonchev–Trinajstić information content (AvgIpc) is 2.97. The van der Waals surface area contributed by atoms with Crippen LogP contribution >= 0.6 is 0 Å². The molecule has 0 aliphatic carbocycles. The second-order valence-electron chi connectivity index (χ2n) is 7.88. The average molecular weight is 430 g/mol. The second-order valence-corrected chi connectivity index (χ2v) is 7.88. The fourth-order valence-corrected chi connectivity index (χ4v) is 3.91. The minimum atomic E-state index is -0.502. The number of nitrogens with zero attached hydrogens (tertiary/aromatic N) is 1. The Bertz CT molecular complexity index is 1240. The molecular weight excluding hydrogens is 407 g/mol. The fourth-order valence-electron chi connectivity index (χ4n) is 3.91. The van der Waals surface area contributed by atoms with E-state index in [4.69, 9.17) is 4.74 Å². The van der Waals surface area contributed by atoms with Crippen molar-refractivity contribution in [3.8, 4) is 5.75 Å². The molecule has 32 heavy (non-hydrogen) atoms. The Morgan fingerprint density at radius 1 is 0.812 bits per heavy atom. The van der Waals surface area contributed by atoms with Crippen molar-refractivity contribution in [3.05, 3.63) is 94.4 Å². The molecule has 1 N–H and O–H groups in total. The van der Waals surface area contributed by atoms with Gasteiger partial charge in [0, 0.05) is 5.69 Å². The van der Waals surface area contributed by atoms with Crippen molar-refractivity contribution >= 4 is 28.8 Å². The number of halogens is 1. The first-order valence-corrected chi connectivity index (χ1v) is 10.2. The van der Waals surface area contributed by atoms with Crippen LogP contribution in [0.3, 0.4) is 0 Å². The molecule has 0 unspecified atom stereocenters. The molecule has 0 bridgehead atoms. The summed E-state index contributed by atoms with van der Waals surface area (Å²) in [4.78, 5) is 28.3. The van der Waals surface area contributed by atoms with Gasteiger partial charge in [0.15, 0.2) is 0 Å². The Labute approximate surface area is 186 Å². The molecule has 0 saturated heterocycles. The maximum atomic E-state index is 13.6. The van der Waals surface area contributed by atoms with E-state index in [0.717, 1.165) is 21.6 Å². The van der Waals surface area contributed by atoms with Crippen molar-refractivity contribution < 1.29 is 18.7 Å². The van der Waals surface area contributed by atoms with Crippen LogP contribution in [0.2, 0.25) is 0 Å². The Hall–Kier alpha value is -3.93. The van der Waals surface area contributed by atoms with E-state index in [2.05, 4.69) is 5.32 Å². The summed E-state index contributed by atoms with van der Waals surface area (Å²) >= 11 is 0. The van der Waals surface area contributed by atoms with Crippen LogP contribution in [0.4, 0.5) is 15.8 Å². The fraction of sp³-hybridized carbons (Fsp3) is 0.154. The minimum absolute atomic E-state index is 0.134. The predicted molar refractivity (Wildman–Crippen MR) is 123 cm³/mol. The highest BCUT2D eigenvalue weighted by Crippen LogP contribution is 2.38. The number of carbonyl (C=O) groups excluding carboxylic acids is 2. The summed E-state index contributed by atoms with van der Waals surface area (Å²) in [6.45, 7) is 5.79. The van der Waals surface area contributed by atoms with Crippen LogP contribution in [-0.4, -0.2) is 18.9 Å². The summed E-state index contributed by atoms with van der Waals surface area (Å²) in [5.74, 6) is -1.02.